The van der Waals surface area contributed by atoms with Crippen LogP contribution in [0.5, 0.6) is 0 Å². The number of nitrogens with zero attached hydrogens (tertiary/aromatic N) is 2. The van der Waals surface area contributed by atoms with Crippen LogP contribution in [0.1, 0.15) is 33.1 Å². The lowest BCUT2D eigenvalue weighted by atomic mass is 10.0. The molecular weight excluding hydrogens is 290 g/mol. The highest BCUT2D eigenvalue weighted by Gasteiger charge is 2.21. The van der Waals surface area contributed by atoms with Gasteiger partial charge >= 0.3 is 5.97 Å². The summed E-state index contributed by atoms with van der Waals surface area (Å²) in [6.45, 7) is 1.34. The van der Waals surface area contributed by atoms with Crippen LogP contribution in [0.15, 0.2) is 24.3 Å². The van der Waals surface area contributed by atoms with Gasteiger partial charge < -0.3 is 10.4 Å². The molecule has 108 valence electrons. The van der Waals surface area contributed by atoms with Gasteiger partial charge in [-0.2, -0.15) is 0 Å². The molecule has 0 saturated heterocycles. The molecule has 2 heterocycles. The van der Waals surface area contributed by atoms with E-state index in [9.17, 15) is 9.90 Å². The Labute approximate surface area is 127 Å². The number of carboxylic acid groups (broad SMARTS) is 1. The molecule has 3 rings (SSSR count). The van der Waals surface area contributed by atoms with E-state index >= 15 is 0 Å². The lowest BCUT2D eigenvalue weighted by Crippen LogP contribution is -2.28. The molecule has 2 N–H and O–H groups in total. The average Bonchev–Trinajstić information content (AvgIpc) is 2.46. The van der Waals surface area contributed by atoms with Gasteiger partial charge in [-0.15, -0.1) is 0 Å². The van der Waals surface area contributed by atoms with E-state index < -0.39 is 5.97 Å². The normalized spacial score (nSPS) is 13.8. The summed E-state index contributed by atoms with van der Waals surface area (Å²) in [7, 11) is 0. The number of aromatic carboxylic acids is 1. The molecule has 0 amide bonds. The van der Waals surface area contributed by atoms with E-state index in [2.05, 4.69) is 15.3 Å². The van der Waals surface area contributed by atoms with Gasteiger partial charge in [-0.1, -0.05) is 23.7 Å². The summed E-state index contributed by atoms with van der Waals surface area (Å²) in [6, 6.07) is 7.41. The predicted molar refractivity (Wildman–Crippen MR) is 78.7 cm³/mol. The number of fused-ring (bicyclic) bond motifs is 1. The third-order valence-electron chi connectivity index (χ3n) is 3.44. The van der Waals surface area contributed by atoms with Crippen LogP contribution in [0, 0.1) is 0 Å². The molecule has 1 aliphatic rings. The van der Waals surface area contributed by atoms with Crippen molar-refractivity contribution in [3.05, 3.63) is 57.6 Å². The molecule has 1 aromatic heterocycles. The van der Waals surface area contributed by atoms with Gasteiger partial charge in [-0.3, -0.25) is 0 Å². The van der Waals surface area contributed by atoms with Crippen LogP contribution < -0.4 is 5.32 Å². The lowest BCUT2D eigenvalue weighted by molar-refractivity contribution is 0.0688. The summed E-state index contributed by atoms with van der Waals surface area (Å²) < 4.78 is 0. The van der Waals surface area contributed by atoms with Crippen LogP contribution in [-0.2, 0) is 19.4 Å². The second kappa shape index (κ2) is 5.79. The first-order chi connectivity index (χ1) is 10.1. The maximum Gasteiger partial charge on any atom is 0.354 e. The monoisotopic (exact) mass is 303 g/mol. The molecule has 21 heavy (non-hydrogen) atoms. The van der Waals surface area contributed by atoms with Gasteiger partial charge in [0.15, 0.2) is 5.69 Å². The number of hydrogen-bond donors (Lipinski definition) is 2. The van der Waals surface area contributed by atoms with Crippen molar-refractivity contribution in [2.75, 3.05) is 6.54 Å². The zero-order valence-electron chi connectivity index (χ0n) is 11.3. The summed E-state index contributed by atoms with van der Waals surface area (Å²) in [5, 5.41) is 13.2. The summed E-state index contributed by atoms with van der Waals surface area (Å²) in [5.74, 6) is -0.486. The first-order valence-corrected chi connectivity index (χ1v) is 7.08. The number of benzene rings is 1. The first kappa shape index (κ1) is 14.0. The van der Waals surface area contributed by atoms with E-state index in [1.54, 1.807) is 6.07 Å². The summed E-state index contributed by atoms with van der Waals surface area (Å²) in [4.78, 5) is 20.1. The van der Waals surface area contributed by atoms with Crippen LogP contribution in [0.4, 0.5) is 0 Å². The van der Waals surface area contributed by atoms with Crippen molar-refractivity contribution in [1.82, 2.24) is 15.3 Å². The van der Waals surface area contributed by atoms with E-state index in [0.717, 1.165) is 23.4 Å². The van der Waals surface area contributed by atoms with E-state index in [4.69, 9.17) is 11.6 Å². The third kappa shape index (κ3) is 3.04. The van der Waals surface area contributed by atoms with Crippen molar-refractivity contribution >= 4 is 17.6 Å². The zero-order valence-corrected chi connectivity index (χ0v) is 12.0. The third-order valence-corrected chi connectivity index (χ3v) is 3.67. The van der Waals surface area contributed by atoms with Crippen molar-refractivity contribution in [2.24, 2.45) is 0 Å². The molecule has 5 nitrogen and oxygen atoms in total. The van der Waals surface area contributed by atoms with Gasteiger partial charge in [0.2, 0.25) is 0 Å². The molecule has 0 saturated carbocycles. The zero-order chi connectivity index (χ0) is 14.8. The standard InChI is InChI=1S/C15H14ClN3O2/c16-10-3-1-2-9(6-10)7-13-18-12-8-17-5-4-11(12)14(19-13)15(20)21/h1-3,6,17H,4-5,7-8H2,(H,20,21). The highest BCUT2D eigenvalue weighted by atomic mass is 35.5. The van der Waals surface area contributed by atoms with E-state index in [1.165, 1.54) is 0 Å². The van der Waals surface area contributed by atoms with Crippen LogP contribution in [0.25, 0.3) is 0 Å². The molecule has 0 atom stereocenters. The lowest BCUT2D eigenvalue weighted by Gasteiger charge is -2.18. The van der Waals surface area contributed by atoms with E-state index in [1.807, 2.05) is 18.2 Å². The molecule has 0 fully saturated rings. The Morgan fingerprint density at radius 1 is 1.38 bits per heavy atom. The summed E-state index contributed by atoms with van der Waals surface area (Å²) >= 11 is 5.96. The van der Waals surface area contributed by atoms with Crippen molar-refractivity contribution in [3.8, 4) is 0 Å². The Balaban J connectivity index is 1.99. The number of nitrogens with one attached hydrogen (secondary N) is 1. The quantitative estimate of drug-likeness (QED) is 0.908. The van der Waals surface area contributed by atoms with Gasteiger partial charge in [0.05, 0.1) is 5.69 Å². The SMILES string of the molecule is O=C(O)c1nc(Cc2cccc(Cl)c2)nc2c1CCNC2. The minimum atomic E-state index is -0.997. The van der Waals surface area contributed by atoms with E-state index in [-0.39, 0.29) is 5.69 Å². The summed E-state index contributed by atoms with van der Waals surface area (Å²) in [6.07, 6.45) is 1.11. The van der Waals surface area contributed by atoms with Crippen LogP contribution in [0.3, 0.4) is 0 Å². The first-order valence-electron chi connectivity index (χ1n) is 6.70. The molecule has 6 heteroatoms. The number of carboxylic acids is 1. The molecule has 0 aliphatic carbocycles. The average molecular weight is 304 g/mol. The van der Waals surface area contributed by atoms with Gasteiger partial charge in [0.1, 0.15) is 5.82 Å². The number of hydrogen-bond acceptors (Lipinski definition) is 4. The number of halogens is 1. The molecule has 0 radical (unpaired) electrons. The number of rotatable bonds is 3. The van der Waals surface area contributed by atoms with E-state index in [0.29, 0.717) is 30.2 Å². The van der Waals surface area contributed by atoms with Crippen LogP contribution in [-0.4, -0.2) is 27.6 Å². The van der Waals surface area contributed by atoms with Crippen molar-refractivity contribution in [3.63, 3.8) is 0 Å². The Morgan fingerprint density at radius 2 is 2.24 bits per heavy atom. The van der Waals surface area contributed by atoms with Gasteiger partial charge in [-0.25, -0.2) is 14.8 Å². The fourth-order valence-corrected chi connectivity index (χ4v) is 2.71. The Hall–Kier alpha value is -1.98. The highest BCUT2D eigenvalue weighted by Crippen LogP contribution is 2.18. The van der Waals surface area contributed by atoms with Gasteiger partial charge in [0.25, 0.3) is 0 Å². The molecular formula is C15H14ClN3O2. The predicted octanol–water partition coefficient (Wildman–Crippen LogP) is 2.06. The number of carbonyl (C=O) groups is 1. The largest absolute Gasteiger partial charge is 0.477 e. The van der Waals surface area contributed by atoms with Crippen molar-refractivity contribution < 1.29 is 9.90 Å². The fraction of sp³-hybridized carbons (Fsp3) is 0.267. The Morgan fingerprint density at radius 3 is 3.00 bits per heavy atom. The highest BCUT2D eigenvalue weighted by molar-refractivity contribution is 6.30. The molecule has 0 spiro atoms. The molecule has 1 aromatic carbocycles. The van der Waals surface area contributed by atoms with Gasteiger partial charge in [-0.05, 0) is 30.7 Å². The molecule has 0 bridgehead atoms. The number of aromatic nitrogens is 2. The molecule has 1 aliphatic heterocycles. The summed E-state index contributed by atoms with van der Waals surface area (Å²) in [5.41, 5.74) is 2.61. The maximum absolute atomic E-state index is 11.4. The topological polar surface area (TPSA) is 75.1 Å². The van der Waals surface area contributed by atoms with Crippen LogP contribution in [0.2, 0.25) is 5.02 Å². The molecule has 2 aromatic rings. The Kier molecular flexibility index (Phi) is 3.86. The minimum Gasteiger partial charge on any atom is -0.477 e. The maximum atomic E-state index is 11.4. The van der Waals surface area contributed by atoms with Crippen molar-refractivity contribution in [2.45, 2.75) is 19.4 Å². The second-order valence-electron chi connectivity index (χ2n) is 4.95. The molecule has 0 unspecified atom stereocenters. The van der Waals surface area contributed by atoms with Crippen LogP contribution >= 0.6 is 11.6 Å². The smallest absolute Gasteiger partial charge is 0.354 e. The minimum absolute atomic E-state index is 0.124. The van der Waals surface area contributed by atoms with Gasteiger partial charge in [0, 0.05) is 23.6 Å². The fourth-order valence-electron chi connectivity index (χ4n) is 2.50. The van der Waals surface area contributed by atoms with Crippen molar-refractivity contribution in [1.29, 1.82) is 0 Å². The second-order valence-corrected chi connectivity index (χ2v) is 5.39. The Bertz CT molecular complexity index is 703.